The number of hydrogen-bond donors (Lipinski definition) is 3. The fraction of sp³-hybridized carbons (Fsp3) is 0.423. The molecule has 3 aliphatic rings. The second kappa shape index (κ2) is 8.52. The summed E-state index contributed by atoms with van der Waals surface area (Å²) in [7, 11) is 0. The Morgan fingerprint density at radius 2 is 1.88 bits per heavy atom. The number of aryl methyl sites for hydroxylation is 2. The number of aliphatic hydroxyl groups excluding tert-OH is 1. The van der Waals surface area contributed by atoms with Gasteiger partial charge in [-0.05, 0) is 56.0 Å². The van der Waals surface area contributed by atoms with E-state index in [1.807, 2.05) is 50.2 Å². The number of carbonyl (C=O) groups excluding carboxylic acids is 3. The highest BCUT2D eigenvalue weighted by Gasteiger charge is 2.74. The molecule has 0 aromatic heterocycles. The van der Waals surface area contributed by atoms with E-state index in [-0.39, 0.29) is 30.9 Å². The molecule has 1 spiro atoms. The summed E-state index contributed by atoms with van der Waals surface area (Å²) in [6.07, 6.45) is 0.678. The zero-order valence-corrected chi connectivity index (χ0v) is 19.3. The Balaban J connectivity index is 1.46. The first-order chi connectivity index (χ1) is 16.4. The van der Waals surface area contributed by atoms with Gasteiger partial charge in [0.2, 0.25) is 17.7 Å². The van der Waals surface area contributed by atoms with Gasteiger partial charge >= 0.3 is 0 Å². The Kier molecular flexibility index (Phi) is 5.65. The van der Waals surface area contributed by atoms with Crippen molar-refractivity contribution in [1.29, 1.82) is 0 Å². The molecule has 3 aliphatic heterocycles. The predicted molar refractivity (Wildman–Crippen MR) is 126 cm³/mol. The van der Waals surface area contributed by atoms with Crippen LogP contribution in [0.4, 0.5) is 11.4 Å². The molecule has 3 N–H and O–H groups in total. The quantitative estimate of drug-likeness (QED) is 0.609. The number of anilines is 2. The Morgan fingerprint density at radius 3 is 2.62 bits per heavy atom. The number of benzene rings is 2. The van der Waals surface area contributed by atoms with Gasteiger partial charge in [-0.25, -0.2) is 0 Å². The Hall–Kier alpha value is -3.23. The molecule has 0 aliphatic carbocycles. The van der Waals surface area contributed by atoms with E-state index in [9.17, 15) is 19.5 Å². The van der Waals surface area contributed by atoms with Crippen LogP contribution in [-0.4, -0.2) is 58.6 Å². The third-order valence-corrected chi connectivity index (χ3v) is 7.38. The van der Waals surface area contributed by atoms with Gasteiger partial charge in [0.1, 0.15) is 11.6 Å². The number of β-amino-alcohol motifs (C(OH)–C–C–N with tert-alkyl or cyclic N) is 1. The topological polar surface area (TPSA) is 108 Å². The minimum absolute atomic E-state index is 0.00300. The highest BCUT2D eigenvalue weighted by Crippen LogP contribution is 2.58. The summed E-state index contributed by atoms with van der Waals surface area (Å²) < 4.78 is 6.36. The van der Waals surface area contributed by atoms with Crippen LogP contribution in [0.1, 0.15) is 24.0 Å². The molecule has 34 heavy (non-hydrogen) atoms. The summed E-state index contributed by atoms with van der Waals surface area (Å²) >= 11 is 0. The summed E-state index contributed by atoms with van der Waals surface area (Å²) in [6.45, 7) is 3.57. The van der Waals surface area contributed by atoms with Gasteiger partial charge in [0, 0.05) is 17.9 Å². The fourth-order valence-electron chi connectivity index (χ4n) is 5.92. The molecule has 0 saturated carbocycles. The number of hydrogen-bond acceptors (Lipinski definition) is 5. The van der Waals surface area contributed by atoms with Crippen molar-refractivity contribution in [2.45, 2.75) is 44.4 Å². The molecule has 3 saturated heterocycles. The Bertz CT molecular complexity index is 1140. The van der Waals surface area contributed by atoms with Crippen LogP contribution >= 0.6 is 0 Å². The Labute approximate surface area is 198 Å². The molecule has 3 amide bonds. The molecule has 3 heterocycles. The largest absolute Gasteiger partial charge is 0.395 e. The third-order valence-electron chi connectivity index (χ3n) is 7.38. The van der Waals surface area contributed by atoms with E-state index >= 15 is 0 Å². The number of aliphatic hydroxyl groups is 1. The Morgan fingerprint density at radius 1 is 1.12 bits per heavy atom. The highest BCUT2D eigenvalue weighted by atomic mass is 16.5. The molecule has 3 fully saturated rings. The highest BCUT2D eigenvalue weighted by molar-refractivity contribution is 6.05. The van der Waals surface area contributed by atoms with Gasteiger partial charge in [0.15, 0.2) is 0 Å². The van der Waals surface area contributed by atoms with Crippen molar-refractivity contribution in [1.82, 2.24) is 4.90 Å². The first-order valence-electron chi connectivity index (χ1n) is 11.7. The molecule has 2 aromatic carbocycles. The van der Waals surface area contributed by atoms with E-state index in [2.05, 4.69) is 10.6 Å². The van der Waals surface area contributed by atoms with Gasteiger partial charge in [-0.15, -0.1) is 0 Å². The second-order valence-electron chi connectivity index (χ2n) is 9.47. The van der Waals surface area contributed by atoms with Crippen LogP contribution in [0, 0.1) is 25.7 Å². The molecule has 2 aromatic rings. The molecule has 5 rings (SSSR count). The maximum Gasteiger partial charge on any atom is 0.250 e. The van der Waals surface area contributed by atoms with Crippen molar-refractivity contribution in [2.75, 3.05) is 23.8 Å². The molecule has 8 nitrogen and oxygen atoms in total. The monoisotopic (exact) mass is 463 g/mol. The third kappa shape index (κ3) is 3.49. The summed E-state index contributed by atoms with van der Waals surface area (Å²) in [4.78, 5) is 41.9. The second-order valence-corrected chi connectivity index (χ2v) is 9.47. The van der Waals surface area contributed by atoms with Gasteiger partial charge in [-0.1, -0.05) is 30.3 Å². The molecular formula is C26H29N3O5. The minimum Gasteiger partial charge on any atom is -0.395 e. The van der Waals surface area contributed by atoms with Crippen molar-refractivity contribution in [3.05, 3.63) is 59.7 Å². The van der Waals surface area contributed by atoms with E-state index in [1.54, 1.807) is 12.1 Å². The normalized spacial score (nSPS) is 29.3. The lowest BCUT2D eigenvalue weighted by Gasteiger charge is -2.33. The van der Waals surface area contributed by atoms with Gasteiger partial charge in [0.05, 0.1) is 24.5 Å². The first-order valence-corrected chi connectivity index (χ1v) is 11.7. The van der Waals surface area contributed by atoms with Crippen molar-refractivity contribution >= 4 is 29.1 Å². The zero-order valence-electron chi connectivity index (χ0n) is 19.3. The van der Waals surface area contributed by atoms with Crippen LogP contribution in [0.25, 0.3) is 0 Å². The summed E-state index contributed by atoms with van der Waals surface area (Å²) in [6, 6.07) is 13.9. The number of likely N-dealkylation sites (tertiary alicyclic amines) is 1. The van der Waals surface area contributed by atoms with Crippen LogP contribution in [-0.2, 0) is 19.1 Å². The van der Waals surface area contributed by atoms with Crippen molar-refractivity contribution in [3.8, 4) is 0 Å². The lowest BCUT2D eigenvalue weighted by molar-refractivity contribution is -0.140. The van der Waals surface area contributed by atoms with Crippen LogP contribution in [0.5, 0.6) is 0 Å². The molecule has 2 bridgehead atoms. The van der Waals surface area contributed by atoms with E-state index in [0.717, 1.165) is 11.1 Å². The number of rotatable bonds is 6. The number of carbonyl (C=O) groups is 3. The molecule has 2 unspecified atom stereocenters. The number of ether oxygens (including phenoxy) is 1. The average Bonchev–Trinajstić information content (AvgIpc) is 3.45. The van der Waals surface area contributed by atoms with Crippen molar-refractivity contribution in [3.63, 3.8) is 0 Å². The number of para-hydroxylation sites is 1. The lowest BCUT2D eigenvalue weighted by atomic mass is 9.70. The minimum atomic E-state index is -1.09. The van der Waals surface area contributed by atoms with E-state index in [0.29, 0.717) is 24.2 Å². The van der Waals surface area contributed by atoms with Crippen LogP contribution in [0.2, 0.25) is 0 Å². The summed E-state index contributed by atoms with van der Waals surface area (Å²) in [5.41, 5.74) is 2.14. The van der Waals surface area contributed by atoms with Crippen molar-refractivity contribution in [2.24, 2.45) is 11.8 Å². The number of fused-ring (bicyclic) bond motifs is 1. The van der Waals surface area contributed by atoms with Gasteiger partial charge < -0.3 is 25.4 Å². The first kappa shape index (κ1) is 22.6. The zero-order chi connectivity index (χ0) is 24.0. The number of nitrogens with zero attached hydrogens (tertiary/aromatic N) is 1. The molecule has 0 radical (unpaired) electrons. The summed E-state index contributed by atoms with van der Waals surface area (Å²) in [5, 5.41) is 15.6. The molecular weight excluding hydrogens is 434 g/mol. The number of amides is 3. The van der Waals surface area contributed by atoms with Crippen LogP contribution in [0.15, 0.2) is 48.5 Å². The van der Waals surface area contributed by atoms with Crippen molar-refractivity contribution < 1.29 is 24.2 Å². The van der Waals surface area contributed by atoms with Crippen LogP contribution in [0.3, 0.4) is 0 Å². The van der Waals surface area contributed by atoms with Gasteiger partial charge in [-0.3, -0.25) is 14.4 Å². The standard InChI is InChI=1S/C26H29N3O5/c1-15-8-9-16(2)18(14-15)28-24(32)22-26-11-10-19(34-26)20(21(26)25(33)29(22)12-13-30)23(31)27-17-6-4-3-5-7-17/h3-9,14,19-22,30H,10-13H2,1-2H3,(H,27,31)(H,28,32)/t19-,20+,21+,22?,26?/m1/s1. The molecule has 5 atom stereocenters. The average molecular weight is 464 g/mol. The number of nitrogens with one attached hydrogen (secondary N) is 2. The van der Waals surface area contributed by atoms with Crippen LogP contribution < -0.4 is 10.6 Å². The fourth-order valence-corrected chi connectivity index (χ4v) is 5.92. The smallest absolute Gasteiger partial charge is 0.250 e. The van der Waals surface area contributed by atoms with E-state index in [1.165, 1.54) is 4.90 Å². The molecule has 178 valence electrons. The van der Waals surface area contributed by atoms with E-state index < -0.39 is 29.6 Å². The maximum absolute atomic E-state index is 13.6. The van der Waals surface area contributed by atoms with E-state index in [4.69, 9.17) is 4.74 Å². The predicted octanol–water partition coefficient (Wildman–Crippen LogP) is 2.25. The SMILES string of the molecule is Cc1ccc(C)c(NC(=O)C2N(CCO)C(=O)[C@@H]3[C@@H](C(=O)Nc4ccccc4)[C@H]4CCC23O4)c1. The van der Waals surface area contributed by atoms with Gasteiger partial charge in [-0.2, -0.15) is 0 Å². The molecule has 8 heteroatoms. The lowest BCUT2D eigenvalue weighted by Crippen LogP contribution is -2.53. The maximum atomic E-state index is 13.6. The summed E-state index contributed by atoms with van der Waals surface area (Å²) in [5.74, 6) is -2.42. The van der Waals surface area contributed by atoms with Gasteiger partial charge in [0.25, 0.3) is 0 Å².